The van der Waals surface area contributed by atoms with Gasteiger partial charge in [0, 0.05) is 13.5 Å². The molecular formula is C11H22N2O3. The van der Waals surface area contributed by atoms with E-state index in [1.807, 2.05) is 13.8 Å². The Kier molecular flexibility index (Phi) is 6.72. The molecule has 0 saturated heterocycles. The van der Waals surface area contributed by atoms with Crippen LogP contribution in [0, 0.1) is 5.92 Å². The number of aliphatic hydroxyl groups excluding tert-OH is 1. The van der Waals surface area contributed by atoms with Gasteiger partial charge in [0.25, 0.3) is 0 Å². The summed E-state index contributed by atoms with van der Waals surface area (Å²) in [5.41, 5.74) is 0. The molecule has 0 heterocycles. The van der Waals surface area contributed by atoms with Crippen LogP contribution < -0.4 is 10.6 Å². The molecule has 5 heteroatoms. The number of nitrogens with one attached hydrogen (secondary N) is 2. The van der Waals surface area contributed by atoms with Crippen molar-refractivity contribution >= 4 is 11.8 Å². The van der Waals surface area contributed by atoms with Crippen LogP contribution in [0.5, 0.6) is 0 Å². The first-order valence-corrected chi connectivity index (χ1v) is 5.61. The summed E-state index contributed by atoms with van der Waals surface area (Å²) in [5, 5.41) is 14.7. The van der Waals surface area contributed by atoms with Crippen LogP contribution in [-0.2, 0) is 9.59 Å². The molecule has 0 spiro atoms. The fourth-order valence-corrected chi connectivity index (χ4v) is 1.20. The first-order chi connectivity index (χ1) is 7.38. The summed E-state index contributed by atoms with van der Waals surface area (Å²) in [6.45, 7) is 7.09. The van der Waals surface area contributed by atoms with Gasteiger partial charge in [0.2, 0.25) is 11.8 Å². The number of carbonyl (C=O) groups is 2. The first-order valence-electron chi connectivity index (χ1n) is 5.61. The third kappa shape index (κ3) is 5.70. The monoisotopic (exact) mass is 230 g/mol. The Morgan fingerprint density at radius 1 is 1.31 bits per heavy atom. The quantitative estimate of drug-likeness (QED) is 0.602. The number of rotatable bonds is 6. The van der Waals surface area contributed by atoms with Crippen molar-refractivity contribution in [1.82, 2.24) is 10.6 Å². The Morgan fingerprint density at radius 3 is 2.31 bits per heavy atom. The number of aliphatic hydroxyl groups is 1. The van der Waals surface area contributed by atoms with Crippen LogP contribution in [0.25, 0.3) is 0 Å². The molecule has 5 nitrogen and oxygen atoms in total. The minimum Gasteiger partial charge on any atom is -0.391 e. The Balaban J connectivity index is 3.92. The standard InChI is InChI=1S/C11H22N2O3/c1-5-7(2)10(15)6-12-11(16)8(3)13-9(4)14/h7-8,10,15H,5-6H2,1-4H3,(H,12,16)(H,13,14). The summed E-state index contributed by atoms with van der Waals surface area (Å²) in [5.74, 6) is -0.376. The number of hydrogen-bond acceptors (Lipinski definition) is 3. The van der Waals surface area contributed by atoms with Gasteiger partial charge in [-0.25, -0.2) is 0 Å². The molecule has 16 heavy (non-hydrogen) atoms. The lowest BCUT2D eigenvalue weighted by Crippen LogP contribution is -2.46. The van der Waals surface area contributed by atoms with Gasteiger partial charge in [-0.1, -0.05) is 20.3 Å². The molecule has 0 aromatic rings. The van der Waals surface area contributed by atoms with Crippen molar-refractivity contribution in [2.24, 2.45) is 5.92 Å². The van der Waals surface area contributed by atoms with Gasteiger partial charge in [0.1, 0.15) is 6.04 Å². The zero-order chi connectivity index (χ0) is 12.7. The molecule has 3 atom stereocenters. The van der Waals surface area contributed by atoms with Crippen molar-refractivity contribution in [3.05, 3.63) is 0 Å². The second kappa shape index (κ2) is 7.22. The summed E-state index contributed by atoms with van der Waals surface area (Å²) in [4.78, 5) is 22.2. The second-order valence-electron chi connectivity index (χ2n) is 4.12. The van der Waals surface area contributed by atoms with Crippen molar-refractivity contribution in [2.45, 2.75) is 46.3 Å². The molecule has 0 fully saturated rings. The van der Waals surface area contributed by atoms with E-state index in [9.17, 15) is 14.7 Å². The highest BCUT2D eigenvalue weighted by Gasteiger charge is 2.17. The highest BCUT2D eigenvalue weighted by molar-refractivity contribution is 5.86. The van der Waals surface area contributed by atoms with E-state index in [1.54, 1.807) is 6.92 Å². The molecule has 0 aromatic heterocycles. The molecule has 0 radical (unpaired) electrons. The number of carbonyl (C=O) groups excluding carboxylic acids is 2. The molecule has 3 N–H and O–H groups in total. The Hall–Kier alpha value is -1.10. The fourth-order valence-electron chi connectivity index (χ4n) is 1.20. The topological polar surface area (TPSA) is 78.4 Å². The fraction of sp³-hybridized carbons (Fsp3) is 0.818. The molecule has 3 unspecified atom stereocenters. The van der Waals surface area contributed by atoms with Gasteiger partial charge in [-0.2, -0.15) is 0 Å². The van der Waals surface area contributed by atoms with E-state index in [4.69, 9.17) is 0 Å². The van der Waals surface area contributed by atoms with Crippen LogP contribution in [-0.4, -0.2) is 35.6 Å². The summed E-state index contributed by atoms with van der Waals surface area (Å²) < 4.78 is 0. The van der Waals surface area contributed by atoms with Crippen LogP contribution in [0.4, 0.5) is 0 Å². The van der Waals surface area contributed by atoms with Crippen molar-refractivity contribution in [3.63, 3.8) is 0 Å². The molecule has 0 saturated carbocycles. The lowest BCUT2D eigenvalue weighted by atomic mass is 10.0. The first kappa shape index (κ1) is 14.9. The molecule has 0 bridgehead atoms. The zero-order valence-corrected chi connectivity index (χ0v) is 10.4. The van der Waals surface area contributed by atoms with E-state index in [2.05, 4.69) is 10.6 Å². The lowest BCUT2D eigenvalue weighted by Gasteiger charge is -2.19. The SMILES string of the molecule is CCC(C)C(O)CNC(=O)C(C)NC(C)=O. The average Bonchev–Trinajstić information content (AvgIpc) is 2.23. The van der Waals surface area contributed by atoms with Gasteiger partial charge in [0.05, 0.1) is 6.10 Å². The van der Waals surface area contributed by atoms with Crippen molar-refractivity contribution in [3.8, 4) is 0 Å². The van der Waals surface area contributed by atoms with E-state index in [1.165, 1.54) is 6.92 Å². The molecule has 0 aliphatic heterocycles. The molecule has 0 rings (SSSR count). The van der Waals surface area contributed by atoms with Crippen molar-refractivity contribution in [2.75, 3.05) is 6.54 Å². The Labute approximate surface area is 96.6 Å². The molecule has 2 amide bonds. The van der Waals surface area contributed by atoms with Crippen molar-refractivity contribution < 1.29 is 14.7 Å². The minimum atomic E-state index is -0.568. The second-order valence-corrected chi connectivity index (χ2v) is 4.12. The van der Waals surface area contributed by atoms with E-state index >= 15 is 0 Å². The van der Waals surface area contributed by atoms with Crippen molar-refractivity contribution in [1.29, 1.82) is 0 Å². The van der Waals surface area contributed by atoms with Gasteiger partial charge in [-0.15, -0.1) is 0 Å². The molecule has 94 valence electrons. The predicted molar refractivity (Wildman–Crippen MR) is 61.8 cm³/mol. The average molecular weight is 230 g/mol. The van der Waals surface area contributed by atoms with Crippen LogP contribution in [0.3, 0.4) is 0 Å². The summed E-state index contributed by atoms with van der Waals surface area (Å²) in [7, 11) is 0. The minimum absolute atomic E-state index is 0.149. The van der Waals surface area contributed by atoms with Crippen LogP contribution >= 0.6 is 0 Å². The van der Waals surface area contributed by atoms with Gasteiger partial charge in [0.15, 0.2) is 0 Å². The normalized spacial score (nSPS) is 16.1. The third-order valence-electron chi connectivity index (χ3n) is 2.60. The molecule has 0 aromatic carbocycles. The Bertz CT molecular complexity index is 243. The maximum atomic E-state index is 11.5. The van der Waals surface area contributed by atoms with Crippen LogP contribution in [0.1, 0.15) is 34.1 Å². The number of hydrogen-bond donors (Lipinski definition) is 3. The summed E-state index contributed by atoms with van der Waals surface area (Å²) >= 11 is 0. The zero-order valence-electron chi connectivity index (χ0n) is 10.4. The van der Waals surface area contributed by atoms with E-state index in [0.29, 0.717) is 0 Å². The maximum Gasteiger partial charge on any atom is 0.242 e. The maximum absolute atomic E-state index is 11.5. The summed E-state index contributed by atoms with van der Waals surface area (Å²) in [6, 6.07) is -0.568. The van der Waals surface area contributed by atoms with Crippen LogP contribution in [0.2, 0.25) is 0 Å². The largest absolute Gasteiger partial charge is 0.391 e. The van der Waals surface area contributed by atoms with Crippen LogP contribution in [0.15, 0.2) is 0 Å². The molecule has 0 aliphatic rings. The van der Waals surface area contributed by atoms with Gasteiger partial charge in [-0.05, 0) is 12.8 Å². The third-order valence-corrected chi connectivity index (χ3v) is 2.60. The molecular weight excluding hydrogens is 208 g/mol. The Morgan fingerprint density at radius 2 is 1.88 bits per heavy atom. The van der Waals surface area contributed by atoms with E-state index < -0.39 is 12.1 Å². The molecule has 0 aliphatic carbocycles. The predicted octanol–water partition coefficient (Wildman–Crippen LogP) is 0.0342. The lowest BCUT2D eigenvalue weighted by molar-refractivity contribution is -0.128. The van der Waals surface area contributed by atoms with E-state index in [0.717, 1.165) is 6.42 Å². The number of amides is 2. The smallest absolute Gasteiger partial charge is 0.242 e. The highest BCUT2D eigenvalue weighted by Crippen LogP contribution is 2.05. The van der Waals surface area contributed by atoms with E-state index in [-0.39, 0.29) is 24.3 Å². The van der Waals surface area contributed by atoms with Gasteiger partial charge < -0.3 is 15.7 Å². The summed E-state index contributed by atoms with van der Waals surface area (Å²) in [6.07, 6.45) is 0.316. The highest BCUT2D eigenvalue weighted by atomic mass is 16.3. The van der Waals surface area contributed by atoms with Gasteiger partial charge in [-0.3, -0.25) is 9.59 Å². The van der Waals surface area contributed by atoms with Gasteiger partial charge >= 0.3 is 0 Å².